The van der Waals surface area contributed by atoms with Crippen LogP contribution in [0.15, 0.2) is 30.3 Å². The number of rotatable bonds is 5. The number of hydrogen-bond donors (Lipinski definition) is 2. The zero-order valence-corrected chi connectivity index (χ0v) is 14.2. The van der Waals surface area contributed by atoms with Crippen molar-refractivity contribution < 1.29 is 23.4 Å². The van der Waals surface area contributed by atoms with Crippen molar-refractivity contribution in [2.45, 2.75) is 43.6 Å². The third kappa shape index (κ3) is 4.01. The van der Waals surface area contributed by atoms with Gasteiger partial charge in [-0.15, -0.1) is 0 Å². The highest BCUT2D eigenvalue weighted by Crippen LogP contribution is 2.47. The van der Waals surface area contributed by atoms with Gasteiger partial charge >= 0.3 is 5.97 Å². The smallest absolute Gasteiger partial charge is 0.343 e. The SMILES string of the molecule is O=C(OCC1CCCNC1)C(O)(c1ccccc1)C1CCC(F)(F)C1. The molecular weight excluding hydrogens is 328 g/mol. The van der Waals surface area contributed by atoms with E-state index in [4.69, 9.17) is 4.74 Å². The quantitative estimate of drug-likeness (QED) is 0.799. The van der Waals surface area contributed by atoms with E-state index in [1.165, 1.54) is 0 Å². The van der Waals surface area contributed by atoms with Crippen LogP contribution in [0.25, 0.3) is 0 Å². The van der Waals surface area contributed by atoms with Gasteiger partial charge in [-0.2, -0.15) is 0 Å². The highest BCUT2D eigenvalue weighted by Gasteiger charge is 2.54. The number of alkyl halides is 2. The van der Waals surface area contributed by atoms with Crippen LogP contribution in [0.2, 0.25) is 0 Å². The van der Waals surface area contributed by atoms with Crippen LogP contribution in [-0.4, -0.2) is 36.7 Å². The van der Waals surface area contributed by atoms with E-state index in [1.54, 1.807) is 30.3 Å². The number of piperidine rings is 1. The third-order valence-electron chi connectivity index (χ3n) is 5.37. The molecular formula is C19H25F2NO3. The minimum atomic E-state index is -2.85. The van der Waals surface area contributed by atoms with Gasteiger partial charge in [0, 0.05) is 31.2 Å². The molecule has 138 valence electrons. The first kappa shape index (κ1) is 18.3. The van der Waals surface area contributed by atoms with Crippen LogP contribution in [0.3, 0.4) is 0 Å². The highest BCUT2D eigenvalue weighted by atomic mass is 19.3. The second-order valence-electron chi connectivity index (χ2n) is 7.24. The summed E-state index contributed by atoms with van der Waals surface area (Å²) in [6, 6.07) is 8.32. The molecule has 1 aromatic carbocycles. The molecule has 1 saturated carbocycles. The average molecular weight is 353 g/mol. The standard InChI is InChI=1S/C19H25F2NO3/c20-18(21)9-8-16(11-18)19(24,15-6-2-1-3-7-15)17(23)25-13-14-5-4-10-22-12-14/h1-3,6-7,14,16,22,24H,4-5,8-13H2. The number of ether oxygens (including phenoxy) is 1. The molecule has 0 spiro atoms. The average Bonchev–Trinajstić information content (AvgIpc) is 3.01. The maximum Gasteiger partial charge on any atom is 0.343 e. The van der Waals surface area contributed by atoms with Crippen LogP contribution < -0.4 is 5.32 Å². The van der Waals surface area contributed by atoms with E-state index < -0.39 is 29.8 Å². The second-order valence-corrected chi connectivity index (χ2v) is 7.24. The summed E-state index contributed by atoms with van der Waals surface area (Å²) in [5.41, 5.74) is -1.70. The molecule has 25 heavy (non-hydrogen) atoms. The van der Waals surface area contributed by atoms with Gasteiger partial charge in [0.05, 0.1) is 6.61 Å². The Morgan fingerprint density at radius 3 is 2.68 bits per heavy atom. The van der Waals surface area contributed by atoms with Crippen LogP contribution in [0, 0.1) is 11.8 Å². The molecule has 0 radical (unpaired) electrons. The predicted octanol–water partition coefficient (Wildman–Crippen LogP) is 2.85. The molecule has 0 aromatic heterocycles. The molecule has 1 aliphatic heterocycles. The van der Waals surface area contributed by atoms with Crippen LogP contribution >= 0.6 is 0 Å². The Balaban J connectivity index is 1.77. The Labute approximate surface area is 146 Å². The zero-order chi connectivity index (χ0) is 17.9. The predicted molar refractivity (Wildman–Crippen MR) is 89.2 cm³/mol. The number of benzene rings is 1. The van der Waals surface area contributed by atoms with E-state index in [0.29, 0.717) is 5.56 Å². The van der Waals surface area contributed by atoms with E-state index in [0.717, 1.165) is 25.9 Å². The van der Waals surface area contributed by atoms with E-state index in [1.807, 2.05) is 0 Å². The van der Waals surface area contributed by atoms with Gasteiger partial charge in [-0.25, -0.2) is 13.6 Å². The normalized spacial score (nSPS) is 28.3. The maximum atomic E-state index is 13.7. The molecule has 4 nitrogen and oxygen atoms in total. The van der Waals surface area contributed by atoms with Gasteiger partial charge in [-0.1, -0.05) is 30.3 Å². The second kappa shape index (κ2) is 7.38. The lowest BCUT2D eigenvalue weighted by Crippen LogP contribution is -2.45. The fourth-order valence-corrected chi connectivity index (χ4v) is 3.89. The van der Waals surface area contributed by atoms with Crippen molar-refractivity contribution in [2.24, 2.45) is 11.8 Å². The first-order chi connectivity index (χ1) is 11.9. The lowest BCUT2D eigenvalue weighted by molar-refractivity contribution is -0.176. The number of esters is 1. The summed E-state index contributed by atoms with van der Waals surface area (Å²) in [6.45, 7) is 1.91. The fraction of sp³-hybridized carbons (Fsp3) is 0.632. The fourth-order valence-electron chi connectivity index (χ4n) is 3.89. The molecule has 1 aliphatic carbocycles. The van der Waals surface area contributed by atoms with E-state index >= 15 is 0 Å². The summed E-state index contributed by atoms with van der Waals surface area (Å²) in [7, 11) is 0. The largest absolute Gasteiger partial charge is 0.463 e. The molecule has 2 fully saturated rings. The molecule has 3 atom stereocenters. The van der Waals surface area contributed by atoms with Gasteiger partial charge in [0.2, 0.25) is 5.92 Å². The highest BCUT2D eigenvalue weighted by molar-refractivity contribution is 5.81. The Morgan fingerprint density at radius 2 is 2.08 bits per heavy atom. The van der Waals surface area contributed by atoms with Crippen molar-refractivity contribution in [2.75, 3.05) is 19.7 Å². The Morgan fingerprint density at radius 1 is 1.32 bits per heavy atom. The Bertz CT molecular complexity index is 590. The van der Waals surface area contributed by atoms with Gasteiger partial charge in [-0.3, -0.25) is 0 Å². The van der Waals surface area contributed by atoms with Crippen LogP contribution in [0.1, 0.15) is 37.7 Å². The maximum absolute atomic E-state index is 13.7. The molecule has 1 aromatic rings. The van der Waals surface area contributed by atoms with Crippen LogP contribution in [0.5, 0.6) is 0 Å². The first-order valence-electron chi connectivity index (χ1n) is 8.95. The van der Waals surface area contributed by atoms with Crippen molar-refractivity contribution in [3.8, 4) is 0 Å². The summed E-state index contributed by atoms with van der Waals surface area (Å²) in [4.78, 5) is 12.8. The molecule has 0 amide bonds. The third-order valence-corrected chi connectivity index (χ3v) is 5.37. The van der Waals surface area contributed by atoms with Gasteiger partial charge in [-0.05, 0) is 31.4 Å². The molecule has 6 heteroatoms. The number of carbonyl (C=O) groups is 1. The summed E-state index contributed by atoms with van der Waals surface area (Å²) in [5, 5.41) is 14.4. The lowest BCUT2D eigenvalue weighted by Gasteiger charge is -2.33. The number of aliphatic hydroxyl groups is 1. The topological polar surface area (TPSA) is 58.6 Å². The minimum absolute atomic E-state index is 0.0957. The van der Waals surface area contributed by atoms with Crippen LogP contribution in [-0.2, 0) is 15.1 Å². The van der Waals surface area contributed by atoms with Crippen molar-refractivity contribution in [1.82, 2.24) is 5.32 Å². The zero-order valence-electron chi connectivity index (χ0n) is 14.2. The van der Waals surface area contributed by atoms with Gasteiger partial charge in [0.15, 0.2) is 5.60 Å². The van der Waals surface area contributed by atoms with E-state index in [-0.39, 0.29) is 25.4 Å². The first-order valence-corrected chi connectivity index (χ1v) is 8.95. The van der Waals surface area contributed by atoms with E-state index in [9.17, 15) is 18.7 Å². The summed E-state index contributed by atoms with van der Waals surface area (Å²) in [5.74, 6) is -4.31. The molecule has 1 heterocycles. The summed E-state index contributed by atoms with van der Waals surface area (Å²) in [6.07, 6.45) is 1.25. The molecule has 2 aliphatic rings. The van der Waals surface area contributed by atoms with E-state index in [2.05, 4.69) is 5.32 Å². The number of hydrogen-bond acceptors (Lipinski definition) is 4. The number of halogens is 2. The Hall–Kier alpha value is -1.53. The van der Waals surface area contributed by atoms with Gasteiger partial charge in [0.25, 0.3) is 0 Å². The monoisotopic (exact) mass is 353 g/mol. The molecule has 0 bridgehead atoms. The van der Waals surface area contributed by atoms with Gasteiger partial charge < -0.3 is 15.2 Å². The summed E-state index contributed by atoms with van der Waals surface area (Å²) < 4.78 is 32.8. The van der Waals surface area contributed by atoms with Gasteiger partial charge in [0.1, 0.15) is 0 Å². The minimum Gasteiger partial charge on any atom is -0.463 e. The molecule has 1 saturated heterocycles. The molecule has 2 N–H and O–H groups in total. The Kier molecular flexibility index (Phi) is 5.39. The summed E-state index contributed by atoms with van der Waals surface area (Å²) >= 11 is 0. The van der Waals surface area contributed by atoms with Crippen molar-refractivity contribution in [1.29, 1.82) is 0 Å². The van der Waals surface area contributed by atoms with Crippen molar-refractivity contribution in [3.05, 3.63) is 35.9 Å². The molecule has 3 rings (SSSR count). The molecule has 3 unspecified atom stereocenters. The van der Waals surface area contributed by atoms with Crippen molar-refractivity contribution in [3.63, 3.8) is 0 Å². The number of carbonyl (C=O) groups excluding carboxylic acids is 1. The van der Waals surface area contributed by atoms with Crippen LogP contribution in [0.4, 0.5) is 8.78 Å². The van der Waals surface area contributed by atoms with Crippen molar-refractivity contribution >= 4 is 5.97 Å². The number of nitrogens with one attached hydrogen (secondary N) is 1. The lowest BCUT2D eigenvalue weighted by atomic mass is 9.80.